The first kappa shape index (κ1) is 19.5. The minimum atomic E-state index is -0.547. The zero-order valence-electron chi connectivity index (χ0n) is 17.2. The summed E-state index contributed by atoms with van der Waals surface area (Å²) < 4.78 is 8.46. The van der Waals surface area contributed by atoms with E-state index in [0.717, 1.165) is 6.42 Å². The van der Waals surface area contributed by atoms with Gasteiger partial charge in [-0.25, -0.2) is 0 Å². The first-order valence-electron chi connectivity index (χ1n) is 10.1. The first-order chi connectivity index (χ1) is 14.4. The van der Waals surface area contributed by atoms with Crippen molar-refractivity contribution in [3.8, 4) is 0 Å². The van der Waals surface area contributed by atoms with E-state index in [0.29, 0.717) is 23.9 Å². The second-order valence-corrected chi connectivity index (χ2v) is 8.74. The molecule has 2 aliphatic rings. The number of carbonyl (C=O) groups is 1. The molecule has 1 saturated heterocycles. The number of piperidine rings is 1. The third kappa shape index (κ3) is 2.84. The number of aryl methyl sites for hydroxylation is 1. The lowest BCUT2D eigenvalue weighted by atomic mass is 9.68. The van der Waals surface area contributed by atoms with Gasteiger partial charge in [0.05, 0.1) is 5.92 Å². The average molecular weight is 426 g/mol. The summed E-state index contributed by atoms with van der Waals surface area (Å²) >= 11 is 5.80. The van der Waals surface area contributed by atoms with Crippen molar-refractivity contribution in [2.45, 2.75) is 24.5 Å². The Kier molecular flexibility index (Phi) is 4.57. The van der Waals surface area contributed by atoms with Crippen LogP contribution in [0.1, 0.15) is 17.5 Å². The molecule has 0 saturated carbocycles. The van der Waals surface area contributed by atoms with Gasteiger partial charge >= 0.3 is 0 Å². The van der Waals surface area contributed by atoms with Gasteiger partial charge in [0, 0.05) is 43.8 Å². The van der Waals surface area contributed by atoms with Crippen LogP contribution in [0.15, 0.2) is 36.5 Å². The standard InChI is InChI=1S/C22H24ClN5O2/c1-27-11-13-9-17-22(30-3,15-5-4-6-16(27)20(13)15)10-14(12-28(17)2)21(29)24-19-8-7-18(23)25-26-19/h4-8,11,14,17H,9-10,12H2,1-3H3,(H,24,26,29)/t14-,17-,22+/m1/s1. The zero-order chi connectivity index (χ0) is 21.0. The van der Waals surface area contributed by atoms with Crippen molar-refractivity contribution in [2.24, 2.45) is 13.0 Å². The van der Waals surface area contributed by atoms with Crippen LogP contribution >= 0.6 is 11.6 Å². The molecule has 1 aliphatic heterocycles. The maximum absolute atomic E-state index is 13.1. The molecule has 1 fully saturated rings. The Morgan fingerprint density at radius 3 is 2.83 bits per heavy atom. The van der Waals surface area contributed by atoms with E-state index in [1.54, 1.807) is 19.2 Å². The molecule has 156 valence electrons. The number of fused-ring (bicyclic) bond motifs is 2. The summed E-state index contributed by atoms with van der Waals surface area (Å²) in [6, 6.07) is 9.82. The number of benzene rings is 1. The SMILES string of the molecule is CO[C@]12C[C@@H](C(=O)Nc3ccc(Cl)nn3)CN(C)[C@@H]1Cc1cn(C)c3cccc2c13. The van der Waals surface area contributed by atoms with Crippen molar-refractivity contribution in [1.29, 1.82) is 0 Å². The molecule has 1 N–H and O–H groups in total. The first-order valence-corrected chi connectivity index (χ1v) is 10.4. The summed E-state index contributed by atoms with van der Waals surface area (Å²) in [7, 11) is 5.92. The molecule has 3 heterocycles. The van der Waals surface area contributed by atoms with Crippen molar-refractivity contribution in [3.63, 3.8) is 0 Å². The number of aromatic nitrogens is 3. The highest BCUT2D eigenvalue weighted by molar-refractivity contribution is 6.29. The van der Waals surface area contributed by atoms with Crippen LogP contribution in [-0.2, 0) is 28.6 Å². The highest BCUT2D eigenvalue weighted by atomic mass is 35.5. The van der Waals surface area contributed by atoms with Crippen LogP contribution in [0.3, 0.4) is 0 Å². The van der Waals surface area contributed by atoms with Crippen molar-refractivity contribution >= 4 is 34.2 Å². The number of likely N-dealkylation sites (tertiary alicyclic amines) is 1. The molecule has 2 aromatic heterocycles. The van der Waals surface area contributed by atoms with Gasteiger partial charge in [-0.05, 0) is 49.2 Å². The fourth-order valence-electron chi connectivity index (χ4n) is 5.38. The number of methoxy groups -OCH3 is 1. The van der Waals surface area contributed by atoms with E-state index >= 15 is 0 Å². The number of likely N-dealkylation sites (N-methyl/N-ethyl adjacent to an activating group) is 1. The highest BCUT2D eigenvalue weighted by Crippen LogP contribution is 2.49. The molecule has 3 aromatic rings. The van der Waals surface area contributed by atoms with E-state index in [1.165, 1.54) is 22.0 Å². The van der Waals surface area contributed by atoms with Crippen molar-refractivity contribution in [3.05, 3.63) is 52.8 Å². The molecular formula is C22H24ClN5O2. The van der Waals surface area contributed by atoms with E-state index < -0.39 is 5.60 Å². The largest absolute Gasteiger partial charge is 0.372 e. The van der Waals surface area contributed by atoms with Crippen LogP contribution in [0.5, 0.6) is 0 Å². The summed E-state index contributed by atoms with van der Waals surface area (Å²) in [5, 5.41) is 12.2. The maximum atomic E-state index is 13.1. The van der Waals surface area contributed by atoms with Crippen molar-refractivity contribution in [2.75, 3.05) is 26.0 Å². The smallest absolute Gasteiger partial charge is 0.230 e. The zero-order valence-corrected chi connectivity index (χ0v) is 18.0. The normalized spacial score (nSPS) is 25.9. The molecule has 0 unspecified atom stereocenters. The van der Waals surface area contributed by atoms with Crippen molar-refractivity contribution in [1.82, 2.24) is 19.7 Å². The van der Waals surface area contributed by atoms with Gasteiger partial charge in [0.15, 0.2) is 11.0 Å². The number of amides is 1. The molecule has 1 aliphatic carbocycles. The van der Waals surface area contributed by atoms with Gasteiger partial charge in [0.25, 0.3) is 0 Å². The molecular weight excluding hydrogens is 402 g/mol. The molecule has 0 spiro atoms. The lowest BCUT2D eigenvalue weighted by molar-refractivity contribution is -0.143. The second-order valence-electron chi connectivity index (χ2n) is 8.35. The Labute approximate surface area is 180 Å². The van der Waals surface area contributed by atoms with Crippen LogP contribution in [0.4, 0.5) is 5.82 Å². The van der Waals surface area contributed by atoms with Crippen LogP contribution in [0, 0.1) is 5.92 Å². The number of nitrogens with one attached hydrogen (secondary N) is 1. The molecule has 3 atom stereocenters. The minimum absolute atomic E-state index is 0.0839. The Hall–Kier alpha value is -2.48. The number of hydrogen-bond acceptors (Lipinski definition) is 5. The Morgan fingerprint density at radius 2 is 2.10 bits per heavy atom. The number of ether oxygens (including phenoxy) is 1. The van der Waals surface area contributed by atoms with E-state index in [4.69, 9.17) is 16.3 Å². The number of halogens is 1. The molecule has 30 heavy (non-hydrogen) atoms. The summed E-state index contributed by atoms with van der Waals surface area (Å²) in [6.07, 6.45) is 3.73. The van der Waals surface area contributed by atoms with Gasteiger partial charge in [-0.2, -0.15) is 0 Å². The predicted molar refractivity (Wildman–Crippen MR) is 116 cm³/mol. The maximum Gasteiger partial charge on any atom is 0.230 e. The van der Waals surface area contributed by atoms with Gasteiger partial charge in [-0.3, -0.25) is 9.69 Å². The van der Waals surface area contributed by atoms with Crippen LogP contribution in [0.25, 0.3) is 10.9 Å². The topological polar surface area (TPSA) is 72.3 Å². The van der Waals surface area contributed by atoms with Crippen molar-refractivity contribution < 1.29 is 9.53 Å². The van der Waals surface area contributed by atoms with Crippen LogP contribution in [-0.4, -0.2) is 52.3 Å². The fraction of sp³-hybridized carbons (Fsp3) is 0.409. The Morgan fingerprint density at radius 1 is 1.27 bits per heavy atom. The minimum Gasteiger partial charge on any atom is -0.372 e. The summed E-state index contributed by atoms with van der Waals surface area (Å²) in [5.74, 6) is 0.0697. The molecule has 5 rings (SSSR count). The van der Waals surface area contributed by atoms with Gasteiger partial charge in [-0.1, -0.05) is 23.7 Å². The number of rotatable bonds is 3. The highest BCUT2D eigenvalue weighted by Gasteiger charge is 2.53. The summed E-state index contributed by atoms with van der Waals surface area (Å²) in [5.41, 5.74) is 3.16. The Bertz CT molecular complexity index is 1130. The molecule has 0 radical (unpaired) electrons. The van der Waals surface area contributed by atoms with E-state index in [9.17, 15) is 4.79 Å². The molecule has 1 amide bonds. The van der Waals surface area contributed by atoms with Crippen LogP contribution in [0.2, 0.25) is 5.15 Å². The fourth-order valence-corrected chi connectivity index (χ4v) is 5.48. The summed E-state index contributed by atoms with van der Waals surface area (Å²) in [4.78, 5) is 15.4. The molecule has 7 nitrogen and oxygen atoms in total. The lowest BCUT2D eigenvalue weighted by Gasteiger charge is -2.52. The molecule has 1 aromatic carbocycles. The number of carbonyl (C=O) groups excluding carboxylic acids is 1. The van der Waals surface area contributed by atoms with Crippen LogP contribution < -0.4 is 5.32 Å². The monoisotopic (exact) mass is 425 g/mol. The van der Waals surface area contributed by atoms with E-state index in [2.05, 4.69) is 63.5 Å². The average Bonchev–Trinajstić information content (AvgIpc) is 3.07. The Balaban J connectivity index is 1.53. The lowest BCUT2D eigenvalue weighted by Crippen LogP contribution is -2.60. The predicted octanol–water partition coefficient (Wildman–Crippen LogP) is 2.98. The van der Waals surface area contributed by atoms with Gasteiger partial charge in [0.2, 0.25) is 5.91 Å². The van der Waals surface area contributed by atoms with E-state index in [1.807, 2.05) is 0 Å². The number of anilines is 1. The second kappa shape index (κ2) is 7.04. The third-order valence-electron chi connectivity index (χ3n) is 6.71. The number of hydrogen-bond donors (Lipinski definition) is 1. The number of nitrogens with zero attached hydrogens (tertiary/aromatic N) is 4. The molecule has 0 bridgehead atoms. The third-order valence-corrected chi connectivity index (χ3v) is 6.91. The van der Waals surface area contributed by atoms with E-state index in [-0.39, 0.29) is 17.9 Å². The summed E-state index contributed by atoms with van der Waals surface area (Å²) in [6.45, 7) is 0.654. The molecule has 8 heteroatoms. The quantitative estimate of drug-likeness (QED) is 0.698. The van der Waals surface area contributed by atoms with Gasteiger partial charge < -0.3 is 14.6 Å². The van der Waals surface area contributed by atoms with Gasteiger partial charge in [0.1, 0.15) is 5.60 Å². The van der Waals surface area contributed by atoms with Gasteiger partial charge in [-0.15, -0.1) is 10.2 Å².